The van der Waals surface area contributed by atoms with Crippen LogP contribution in [0.1, 0.15) is 49.0 Å². The largest absolute Gasteiger partial charge is 0.451 e. The molecule has 29 heavy (non-hydrogen) atoms. The van der Waals surface area contributed by atoms with Gasteiger partial charge >= 0.3 is 5.97 Å². The lowest BCUT2D eigenvalue weighted by molar-refractivity contribution is -0.140. The number of amides is 1. The zero-order valence-electron chi connectivity index (χ0n) is 16.3. The molecule has 0 radical (unpaired) electrons. The zero-order valence-corrected chi connectivity index (χ0v) is 18.0. The fraction of sp³-hybridized carbons (Fsp3) is 0.632. The van der Waals surface area contributed by atoms with Crippen LogP contribution in [-0.4, -0.2) is 66.9 Å². The fourth-order valence-corrected chi connectivity index (χ4v) is 6.34. The van der Waals surface area contributed by atoms with E-state index >= 15 is 0 Å². The van der Waals surface area contributed by atoms with Crippen molar-refractivity contribution in [3.63, 3.8) is 0 Å². The minimum atomic E-state index is -3.12. The van der Waals surface area contributed by atoms with Crippen LogP contribution in [0.25, 0.3) is 0 Å². The molecule has 1 atom stereocenters. The summed E-state index contributed by atoms with van der Waals surface area (Å²) in [5.74, 6) is -0.891. The first kappa shape index (κ1) is 21.8. The average Bonchev–Trinajstić information content (AvgIpc) is 3.32. The number of nitrogens with one attached hydrogen (secondary N) is 1. The number of esters is 1. The van der Waals surface area contributed by atoms with Gasteiger partial charge in [0.25, 0.3) is 5.91 Å². The van der Waals surface area contributed by atoms with Crippen LogP contribution in [0.2, 0.25) is 0 Å². The van der Waals surface area contributed by atoms with Crippen LogP contribution in [0.5, 0.6) is 0 Å². The van der Waals surface area contributed by atoms with Crippen molar-refractivity contribution in [1.29, 1.82) is 0 Å². The second-order valence-electron chi connectivity index (χ2n) is 7.43. The molecule has 1 saturated heterocycles. The standard InChI is InChI=1S/C19H27N3O5S2/c1-2-9-20-19-21-16(12-28-19)18(24)27-11-17(23)22(14-6-4-3-5-7-14)15-8-10-29(25,26)13-15/h2,12,14-15H,1,3-11,13H2,(H,20,21). The molecule has 2 aliphatic rings. The van der Waals surface area contributed by atoms with Gasteiger partial charge < -0.3 is 15.0 Å². The van der Waals surface area contributed by atoms with Gasteiger partial charge in [0.2, 0.25) is 0 Å². The normalized spacial score (nSPS) is 21.4. The second-order valence-corrected chi connectivity index (χ2v) is 10.5. The van der Waals surface area contributed by atoms with Crippen molar-refractivity contribution in [2.45, 2.75) is 50.6 Å². The van der Waals surface area contributed by atoms with E-state index in [1.165, 1.54) is 11.3 Å². The first-order chi connectivity index (χ1) is 13.9. The fourth-order valence-electron chi connectivity index (χ4n) is 3.94. The molecule has 2 heterocycles. The molecular formula is C19H27N3O5S2. The summed E-state index contributed by atoms with van der Waals surface area (Å²) in [5.41, 5.74) is 0.141. The minimum Gasteiger partial charge on any atom is -0.451 e. The molecule has 160 valence electrons. The number of anilines is 1. The van der Waals surface area contributed by atoms with E-state index in [1.54, 1.807) is 16.4 Å². The maximum absolute atomic E-state index is 12.9. The summed E-state index contributed by atoms with van der Waals surface area (Å²) in [6.45, 7) is 3.73. The molecule has 1 amide bonds. The molecule has 3 rings (SSSR count). The van der Waals surface area contributed by atoms with Crippen molar-refractivity contribution in [2.75, 3.05) is 30.0 Å². The molecule has 0 aromatic carbocycles. The maximum atomic E-state index is 12.9. The van der Waals surface area contributed by atoms with Crippen molar-refractivity contribution >= 4 is 38.2 Å². The molecule has 2 fully saturated rings. The van der Waals surface area contributed by atoms with Crippen molar-refractivity contribution in [2.24, 2.45) is 0 Å². The van der Waals surface area contributed by atoms with Crippen molar-refractivity contribution in [3.8, 4) is 0 Å². The number of rotatable bonds is 8. The van der Waals surface area contributed by atoms with E-state index in [4.69, 9.17) is 4.74 Å². The highest BCUT2D eigenvalue weighted by Gasteiger charge is 2.38. The monoisotopic (exact) mass is 441 g/mol. The molecule has 1 saturated carbocycles. The summed E-state index contributed by atoms with van der Waals surface area (Å²) >= 11 is 1.27. The predicted molar refractivity (Wildman–Crippen MR) is 112 cm³/mol. The van der Waals surface area contributed by atoms with E-state index in [0.717, 1.165) is 32.1 Å². The Morgan fingerprint density at radius 1 is 1.28 bits per heavy atom. The second kappa shape index (κ2) is 9.71. The Kier molecular flexibility index (Phi) is 7.28. The molecule has 8 nitrogen and oxygen atoms in total. The first-order valence-electron chi connectivity index (χ1n) is 9.88. The quantitative estimate of drug-likeness (QED) is 0.487. The van der Waals surface area contributed by atoms with E-state index < -0.39 is 22.4 Å². The van der Waals surface area contributed by atoms with Crippen LogP contribution >= 0.6 is 11.3 Å². The Bertz CT molecular complexity index is 846. The van der Waals surface area contributed by atoms with Gasteiger partial charge in [0.1, 0.15) is 0 Å². The number of carbonyl (C=O) groups is 2. The number of aromatic nitrogens is 1. The molecule has 1 aliphatic heterocycles. The van der Waals surface area contributed by atoms with Gasteiger partial charge in [0.05, 0.1) is 11.5 Å². The summed E-state index contributed by atoms with van der Waals surface area (Å²) in [6.07, 6.45) is 7.02. The molecule has 1 aliphatic carbocycles. The number of hydrogen-bond acceptors (Lipinski definition) is 8. The van der Waals surface area contributed by atoms with Crippen molar-refractivity contribution in [3.05, 3.63) is 23.7 Å². The highest BCUT2D eigenvalue weighted by molar-refractivity contribution is 7.91. The van der Waals surface area contributed by atoms with Crippen LogP contribution in [0.15, 0.2) is 18.0 Å². The summed E-state index contributed by atoms with van der Waals surface area (Å²) in [6, 6.07) is -0.314. The van der Waals surface area contributed by atoms with E-state index in [9.17, 15) is 18.0 Å². The Labute approximate surface area is 175 Å². The molecule has 10 heteroatoms. The van der Waals surface area contributed by atoms with Gasteiger partial charge in [-0.15, -0.1) is 17.9 Å². The zero-order chi connectivity index (χ0) is 20.9. The van der Waals surface area contributed by atoms with Crippen LogP contribution in [0, 0.1) is 0 Å². The third kappa shape index (κ3) is 5.79. The lowest BCUT2D eigenvalue weighted by atomic mass is 9.93. The number of carbonyl (C=O) groups excluding carboxylic acids is 2. The minimum absolute atomic E-state index is 0.00634. The number of hydrogen-bond donors (Lipinski definition) is 1. The first-order valence-corrected chi connectivity index (χ1v) is 12.6. The van der Waals surface area contributed by atoms with Crippen molar-refractivity contribution in [1.82, 2.24) is 9.88 Å². The average molecular weight is 442 g/mol. The number of nitrogens with zero attached hydrogens (tertiary/aromatic N) is 2. The lowest BCUT2D eigenvalue weighted by Gasteiger charge is -2.38. The van der Waals surface area contributed by atoms with Crippen LogP contribution < -0.4 is 5.32 Å². The van der Waals surface area contributed by atoms with Crippen molar-refractivity contribution < 1.29 is 22.7 Å². The Morgan fingerprint density at radius 2 is 2.03 bits per heavy atom. The third-order valence-electron chi connectivity index (χ3n) is 5.30. The van der Waals surface area contributed by atoms with Gasteiger partial charge in [-0.05, 0) is 19.3 Å². The Morgan fingerprint density at radius 3 is 2.69 bits per heavy atom. The van der Waals surface area contributed by atoms with E-state index in [0.29, 0.717) is 18.1 Å². The van der Waals surface area contributed by atoms with E-state index in [2.05, 4.69) is 16.9 Å². The number of thiazole rings is 1. The summed E-state index contributed by atoms with van der Waals surface area (Å²) in [4.78, 5) is 31.0. The van der Waals surface area contributed by atoms with E-state index in [-0.39, 0.29) is 35.2 Å². The van der Waals surface area contributed by atoms with Crippen LogP contribution in [0.4, 0.5) is 5.13 Å². The smallest absolute Gasteiger partial charge is 0.358 e. The number of ether oxygens (including phenoxy) is 1. The van der Waals surface area contributed by atoms with Gasteiger partial charge in [-0.2, -0.15) is 0 Å². The topological polar surface area (TPSA) is 106 Å². The number of sulfone groups is 1. The molecular weight excluding hydrogens is 414 g/mol. The van der Waals surface area contributed by atoms with Gasteiger partial charge in [-0.25, -0.2) is 18.2 Å². The summed E-state index contributed by atoms with van der Waals surface area (Å²) in [7, 11) is -3.12. The molecule has 1 N–H and O–H groups in total. The summed E-state index contributed by atoms with van der Waals surface area (Å²) in [5, 5.41) is 5.13. The predicted octanol–water partition coefficient (Wildman–Crippen LogP) is 2.25. The Balaban J connectivity index is 1.62. The lowest BCUT2D eigenvalue weighted by Crippen LogP contribution is -2.50. The molecule has 1 aromatic rings. The molecule has 0 bridgehead atoms. The third-order valence-corrected chi connectivity index (χ3v) is 7.85. The summed E-state index contributed by atoms with van der Waals surface area (Å²) < 4.78 is 29.1. The molecule has 0 spiro atoms. The Hall–Kier alpha value is -1.94. The van der Waals surface area contributed by atoms with Gasteiger partial charge in [-0.1, -0.05) is 25.3 Å². The van der Waals surface area contributed by atoms with Gasteiger partial charge in [0, 0.05) is 24.0 Å². The van der Waals surface area contributed by atoms with Gasteiger partial charge in [-0.3, -0.25) is 4.79 Å². The van der Waals surface area contributed by atoms with Crippen LogP contribution in [-0.2, 0) is 19.4 Å². The van der Waals surface area contributed by atoms with Gasteiger partial charge in [0.15, 0.2) is 27.3 Å². The highest BCUT2D eigenvalue weighted by Crippen LogP contribution is 2.28. The molecule has 1 unspecified atom stereocenters. The maximum Gasteiger partial charge on any atom is 0.358 e. The highest BCUT2D eigenvalue weighted by atomic mass is 32.2. The SMILES string of the molecule is C=CCNc1nc(C(=O)OCC(=O)N(C2CCCCC2)C2CCS(=O)(=O)C2)cs1. The van der Waals surface area contributed by atoms with Crippen LogP contribution in [0.3, 0.4) is 0 Å². The molecule has 1 aromatic heterocycles. The van der Waals surface area contributed by atoms with E-state index in [1.807, 2.05) is 0 Å².